The first-order valence-corrected chi connectivity index (χ1v) is 11.5. The van der Waals surface area contributed by atoms with Crippen LogP contribution in [-0.4, -0.2) is 36.8 Å². The van der Waals surface area contributed by atoms with E-state index < -0.39 is 9.84 Å². The van der Waals surface area contributed by atoms with Crippen molar-refractivity contribution in [3.05, 3.63) is 62.3 Å². The van der Waals surface area contributed by atoms with Gasteiger partial charge in [-0.3, -0.25) is 4.79 Å². The van der Waals surface area contributed by atoms with Crippen molar-refractivity contribution in [2.24, 2.45) is 0 Å². The molecule has 1 atom stereocenters. The molecule has 1 saturated heterocycles. The number of nitrogens with zero attached hydrogens (tertiary/aromatic N) is 1. The third-order valence-electron chi connectivity index (χ3n) is 4.21. The summed E-state index contributed by atoms with van der Waals surface area (Å²) in [6.45, 7) is 0.398. The van der Waals surface area contributed by atoms with Gasteiger partial charge < -0.3 is 4.90 Å². The van der Waals surface area contributed by atoms with Crippen molar-refractivity contribution in [1.29, 1.82) is 0 Å². The number of amides is 1. The SMILES string of the molecule is O=C(/C=C/c1ccc(Cl)cc1Cl)N(Cc1cccs1)[C@H]1CCS(=O)(=O)C1. The first-order valence-electron chi connectivity index (χ1n) is 8.00. The van der Waals surface area contributed by atoms with E-state index in [4.69, 9.17) is 23.2 Å². The van der Waals surface area contributed by atoms with Gasteiger partial charge in [0.2, 0.25) is 5.91 Å². The number of halogens is 2. The lowest BCUT2D eigenvalue weighted by Crippen LogP contribution is -2.39. The molecule has 1 amide bonds. The fourth-order valence-corrected chi connectivity index (χ4v) is 5.78. The molecule has 1 aromatic heterocycles. The van der Waals surface area contributed by atoms with E-state index in [0.717, 1.165) is 4.88 Å². The van der Waals surface area contributed by atoms with Crippen LogP contribution in [0, 0.1) is 0 Å². The molecule has 8 heteroatoms. The summed E-state index contributed by atoms with van der Waals surface area (Å²) in [5.41, 5.74) is 0.680. The molecule has 26 heavy (non-hydrogen) atoms. The molecule has 1 aliphatic rings. The van der Waals surface area contributed by atoms with Gasteiger partial charge in [-0.25, -0.2) is 8.42 Å². The summed E-state index contributed by atoms with van der Waals surface area (Å²) < 4.78 is 23.7. The van der Waals surface area contributed by atoms with Crippen LogP contribution in [0.25, 0.3) is 6.08 Å². The van der Waals surface area contributed by atoms with Crippen LogP contribution in [0.4, 0.5) is 0 Å². The number of hydrogen-bond acceptors (Lipinski definition) is 4. The summed E-state index contributed by atoms with van der Waals surface area (Å²) >= 11 is 13.6. The minimum Gasteiger partial charge on any atom is -0.330 e. The maximum Gasteiger partial charge on any atom is 0.247 e. The smallest absolute Gasteiger partial charge is 0.247 e. The van der Waals surface area contributed by atoms with Gasteiger partial charge in [0.05, 0.1) is 18.1 Å². The van der Waals surface area contributed by atoms with Crippen LogP contribution in [0.5, 0.6) is 0 Å². The Balaban J connectivity index is 1.81. The van der Waals surface area contributed by atoms with Crippen LogP contribution in [0.3, 0.4) is 0 Å². The lowest BCUT2D eigenvalue weighted by atomic mass is 10.1. The Kier molecular flexibility index (Phi) is 6.07. The lowest BCUT2D eigenvalue weighted by molar-refractivity contribution is -0.128. The average molecular weight is 430 g/mol. The van der Waals surface area contributed by atoms with E-state index in [-0.39, 0.29) is 23.5 Å². The Morgan fingerprint density at radius 3 is 2.73 bits per heavy atom. The molecule has 1 fully saturated rings. The zero-order chi connectivity index (χ0) is 18.7. The summed E-state index contributed by atoms with van der Waals surface area (Å²) in [6, 6.07) is 8.59. The topological polar surface area (TPSA) is 54.5 Å². The monoisotopic (exact) mass is 429 g/mol. The molecular weight excluding hydrogens is 413 g/mol. The van der Waals surface area contributed by atoms with Crippen LogP contribution in [0.1, 0.15) is 16.9 Å². The normalized spacial score (nSPS) is 19.1. The number of sulfone groups is 1. The van der Waals surface area contributed by atoms with Gasteiger partial charge >= 0.3 is 0 Å². The number of carbonyl (C=O) groups excluding carboxylic acids is 1. The molecule has 4 nitrogen and oxygen atoms in total. The van der Waals surface area contributed by atoms with Crippen LogP contribution in [0.2, 0.25) is 10.0 Å². The Labute approximate surface area is 167 Å². The maximum absolute atomic E-state index is 12.8. The van der Waals surface area contributed by atoms with E-state index in [9.17, 15) is 13.2 Å². The number of carbonyl (C=O) groups is 1. The summed E-state index contributed by atoms with van der Waals surface area (Å²) in [5.74, 6) is -0.0929. The summed E-state index contributed by atoms with van der Waals surface area (Å²) in [4.78, 5) is 15.4. The van der Waals surface area contributed by atoms with E-state index in [0.29, 0.717) is 28.6 Å². The van der Waals surface area contributed by atoms with Crippen molar-refractivity contribution in [2.75, 3.05) is 11.5 Å². The summed E-state index contributed by atoms with van der Waals surface area (Å²) in [6.07, 6.45) is 3.54. The van der Waals surface area contributed by atoms with Gasteiger partial charge in [0.15, 0.2) is 9.84 Å². The predicted octanol–water partition coefficient (Wildman–Crippen LogP) is 4.28. The highest BCUT2D eigenvalue weighted by Gasteiger charge is 2.34. The van der Waals surface area contributed by atoms with E-state index in [2.05, 4.69) is 0 Å². The highest BCUT2D eigenvalue weighted by molar-refractivity contribution is 7.91. The molecule has 2 heterocycles. The molecule has 2 aromatic rings. The molecule has 0 radical (unpaired) electrons. The fraction of sp³-hybridized carbons (Fsp3) is 0.278. The standard InChI is InChI=1S/C18H17Cl2NO3S2/c19-14-5-3-13(17(20)10-14)4-6-18(22)21(11-16-2-1-8-25-16)15-7-9-26(23,24)12-15/h1-6,8,10,15H,7,9,11-12H2/b6-4+/t15-/m0/s1. The van der Waals surface area contributed by atoms with Crippen molar-refractivity contribution in [2.45, 2.75) is 19.0 Å². The van der Waals surface area contributed by atoms with Crippen LogP contribution in [0.15, 0.2) is 41.8 Å². The molecule has 0 N–H and O–H groups in total. The van der Waals surface area contributed by atoms with Gasteiger partial charge in [0.1, 0.15) is 0 Å². The Hall–Kier alpha value is -1.34. The zero-order valence-corrected chi connectivity index (χ0v) is 16.9. The van der Waals surface area contributed by atoms with Crippen molar-refractivity contribution >= 4 is 56.4 Å². The van der Waals surface area contributed by atoms with Crippen molar-refractivity contribution in [1.82, 2.24) is 4.90 Å². The second kappa shape index (κ2) is 8.13. The Morgan fingerprint density at radius 2 is 2.12 bits per heavy atom. The molecule has 1 aromatic carbocycles. The number of benzene rings is 1. The summed E-state index contributed by atoms with van der Waals surface area (Å²) in [5, 5.41) is 2.91. The zero-order valence-electron chi connectivity index (χ0n) is 13.8. The largest absolute Gasteiger partial charge is 0.330 e. The molecule has 0 unspecified atom stereocenters. The summed E-state index contributed by atoms with van der Waals surface area (Å²) in [7, 11) is -3.08. The molecule has 0 spiro atoms. The highest BCUT2D eigenvalue weighted by Crippen LogP contribution is 2.24. The Morgan fingerprint density at radius 1 is 1.31 bits per heavy atom. The third-order valence-corrected chi connectivity index (χ3v) is 7.38. The molecule has 0 bridgehead atoms. The van der Waals surface area contributed by atoms with Crippen LogP contribution < -0.4 is 0 Å². The first kappa shape index (κ1) is 19.4. The number of thiophene rings is 1. The number of rotatable bonds is 5. The number of hydrogen-bond donors (Lipinski definition) is 0. The molecule has 0 saturated carbocycles. The minimum atomic E-state index is -3.08. The first-order chi connectivity index (χ1) is 12.3. The van der Waals surface area contributed by atoms with Crippen molar-refractivity contribution in [3.63, 3.8) is 0 Å². The van der Waals surface area contributed by atoms with Gasteiger partial charge in [-0.05, 0) is 41.6 Å². The Bertz CT molecular complexity index is 924. The quantitative estimate of drug-likeness (QED) is 0.666. The molecule has 1 aliphatic heterocycles. The van der Waals surface area contributed by atoms with Crippen LogP contribution >= 0.6 is 34.5 Å². The third kappa shape index (κ3) is 4.88. The molecule has 138 valence electrons. The van der Waals surface area contributed by atoms with E-state index in [1.165, 1.54) is 6.08 Å². The molecular formula is C18H17Cl2NO3S2. The second-order valence-electron chi connectivity index (χ2n) is 6.10. The van der Waals surface area contributed by atoms with Gasteiger partial charge in [-0.2, -0.15) is 0 Å². The molecule has 3 rings (SSSR count). The van der Waals surface area contributed by atoms with Gasteiger partial charge in [0.25, 0.3) is 0 Å². The van der Waals surface area contributed by atoms with Crippen LogP contribution in [-0.2, 0) is 21.2 Å². The van der Waals surface area contributed by atoms with Gasteiger partial charge in [-0.1, -0.05) is 35.3 Å². The lowest BCUT2D eigenvalue weighted by Gasteiger charge is -2.26. The predicted molar refractivity (Wildman–Crippen MR) is 107 cm³/mol. The highest BCUT2D eigenvalue weighted by atomic mass is 35.5. The van der Waals surface area contributed by atoms with Gasteiger partial charge in [0, 0.05) is 27.0 Å². The van der Waals surface area contributed by atoms with E-state index in [1.54, 1.807) is 40.5 Å². The average Bonchev–Trinajstić information content (AvgIpc) is 3.20. The van der Waals surface area contributed by atoms with Crippen molar-refractivity contribution < 1.29 is 13.2 Å². The van der Waals surface area contributed by atoms with E-state index >= 15 is 0 Å². The van der Waals surface area contributed by atoms with E-state index in [1.807, 2.05) is 17.5 Å². The second-order valence-corrected chi connectivity index (χ2v) is 10.2. The van der Waals surface area contributed by atoms with Crippen molar-refractivity contribution in [3.8, 4) is 0 Å². The molecule has 0 aliphatic carbocycles. The minimum absolute atomic E-state index is 0.0135. The maximum atomic E-state index is 12.8. The van der Waals surface area contributed by atoms with Gasteiger partial charge in [-0.15, -0.1) is 11.3 Å². The fourth-order valence-electron chi connectivity index (χ4n) is 2.87.